The molecule has 5 rings (SSSR count). The molecule has 0 fully saturated rings. The van der Waals surface area contributed by atoms with E-state index in [0.717, 1.165) is 0 Å². The number of hydrogen-bond acceptors (Lipinski definition) is 11. The van der Waals surface area contributed by atoms with Gasteiger partial charge in [0, 0.05) is 17.1 Å². The van der Waals surface area contributed by atoms with E-state index < -0.39 is 69.5 Å². The number of phenols is 1. The highest BCUT2D eigenvalue weighted by Crippen LogP contribution is 2.56. The normalized spacial score (nSPS) is 31.4. The first kappa shape index (κ1) is 25.0. The summed E-state index contributed by atoms with van der Waals surface area (Å²) in [4.78, 5) is 37.6. The number of rotatable bonds is 3. The molecule has 0 aromatic heterocycles. The molecule has 3 aliphatic rings. The molecule has 0 aliphatic heterocycles. The van der Waals surface area contributed by atoms with E-state index in [4.69, 9.17) is 11.5 Å². The zero-order valence-corrected chi connectivity index (χ0v) is 20.0. The number of amides is 1. The molecule has 37 heavy (non-hydrogen) atoms. The van der Waals surface area contributed by atoms with Gasteiger partial charge in [0.2, 0.25) is 10.9 Å². The third-order valence-electron chi connectivity index (χ3n) is 8.21. The Morgan fingerprint density at radius 1 is 1.11 bits per heavy atom. The van der Waals surface area contributed by atoms with E-state index in [1.165, 1.54) is 17.0 Å². The van der Waals surface area contributed by atoms with Crippen molar-refractivity contribution in [3.63, 3.8) is 0 Å². The van der Waals surface area contributed by atoms with Crippen molar-refractivity contribution in [1.82, 2.24) is 4.90 Å². The van der Waals surface area contributed by atoms with Crippen LogP contribution in [0.2, 0.25) is 0 Å². The van der Waals surface area contributed by atoms with Crippen molar-refractivity contribution in [1.29, 1.82) is 0 Å². The number of primary amides is 1. The third kappa shape index (κ3) is 3.01. The summed E-state index contributed by atoms with van der Waals surface area (Å²) in [6.07, 6.45) is -3.70. The van der Waals surface area contributed by atoms with Gasteiger partial charge in [0.1, 0.15) is 29.5 Å². The average Bonchev–Trinajstić information content (AvgIpc) is 2.82. The second kappa shape index (κ2) is 7.89. The van der Waals surface area contributed by atoms with Crippen LogP contribution in [0, 0.1) is 11.8 Å². The van der Waals surface area contributed by atoms with E-state index in [1.54, 1.807) is 14.1 Å². The predicted octanol–water partition coefficient (Wildman–Crippen LogP) is -1.39. The lowest BCUT2D eigenvalue weighted by Crippen LogP contribution is -2.65. The Morgan fingerprint density at radius 3 is 2.32 bits per heavy atom. The second-order valence-electron chi connectivity index (χ2n) is 10.2. The van der Waals surface area contributed by atoms with Gasteiger partial charge in [-0.2, -0.15) is 0 Å². The van der Waals surface area contributed by atoms with Crippen molar-refractivity contribution < 1.29 is 35.4 Å². The molecule has 0 bridgehead atoms. The summed E-state index contributed by atoms with van der Waals surface area (Å²) in [5.41, 5.74) is 6.60. The molecule has 0 saturated carbocycles. The predicted molar refractivity (Wildman–Crippen MR) is 130 cm³/mol. The number of benzene rings is 1. The molecule has 0 spiro atoms. The summed E-state index contributed by atoms with van der Waals surface area (Å²) in [5, 5.41) is 66.9. The van der Waals surface area contributed by atoms with Crippen LogP contribution in [-0.2, 0) is 11.2 Å². The van der Waals surface area contributed by atoms with Crippen molar-refractivity contribution >= 4 is 11.6 Å². The number of carbonyl (C=O) groups excluding carboxylic acids is 1. The third-order valence-corrected chi connectivity index (χ3v) is 8.21. The van der Waals surface area contributed by atoms with Crippen LogP contribution in [0.25, 0.3) is 11.1 Å². The number of nitrogens with zero attached hydrogens (tertiary/aromatic N) is 1. The molecule has 0 heterocycles. The summed E-state index contributed by atoms with van der Waals surface area (Å²) < 4.78 is 0. The number of likely N-dealkylation sites (N-methyl/N-ethyl adjacent to an activating group) is 1. The van der Waals surface area contributed by atoms with E-state index >= 15 is 0 Å². The van der Waals surface area contributed by atoms with Crippen LogP contribution in [0.4, 0.5) is 5.69 Å². The zero-order chi connectivity index (χ0) is 27.3. The minimum atomic E-state index is -2.49. The van der Waals surface area contributed by atoms with Gasteiger partial charge in [0.25, 0.3) is 5.91 Å². The van der Waals surface area contributed by atoms with Crippen LogP contribution in [0.5, 0.6) is 5.75 Å². The van der Waals surface area contributed by atoms with Gasteiger partial charge in [-0.1, -0.05) is 6.07 Å². The van der Waals surface area contributed by atoms with Crippen molar-refractivity contribution in [2.24, 2.45) is 17.6 Å². The lowest BCUT2D eigenvalue weighted by molar-refractivity contribution is -0.145. The molecule has 2 aromatic rings. The van der Waals surface area contributed by atoms with Gasteiger partial charge in [0.05, 0.1) is 22.9 Å². The van der Waals surface area contributed by atoms with Crippen molar-refractivity contribution in [2.45, 2.75) is 36.7 Å². The van der Waals surface area contributed by atoms with E-state index in [0.29, 0.717) is 5.56 Å². The molecule has 0 saturated heterocycles. The van der Waals surface area contributed by atoms with Gasteiger partial charge < -0.3 is 42.1 Å². The lowest BCUT2D eigenvalue weighted by Gasteiger charge is -2.54. The molecular weight excluding hydrogens is 486 g/mol. The number of aromatic hydroxyl groups is 1. The number of hydrogen-bond donors (Lipinski definition) is 8. The van der Waals surface area contributed by atoms with Crippen LogP contribution in [0.1, 0.15) is 23.7 Å². The summed E-state index contributed by atoms with van der Waals surface area (Å²) in [7, 11) is 3.15. The second-order valence-corrected chi connectivity index (χ2v) is 10.2. The smallest absolute Gasteiger partial charge is 0.250 e. The number of fused-ring (bicyclic) bond motifs is 3. The molecule has 3 aliphatic carbocycles. The molecule has 6 atom stereocenters. The lowest BCUT2D eigenvalue weighted by atomic mass is 9.57. The standard InChI is InChI=1S/C25H27N3O9/c1-28(2)17-10-6-7-5-9-8(14-16(26)21(33)20(14)32)3-4-11(29)13(9)18(30)12(7)22(34)25(10,37)23(35)15(19(17)31)24(27)36/h3-4,7,10,17-18,23,29-31,34-35,37H,5-6,26H2,1-2H3,(H2,27,36)/t7-,10-,17-,18?,23?,25-/m0/s1. The summed E-state index contributed by atoms with van der Waals surface area (Å²) in [6.45, 7) is 0. The zero-order valence-electron chi connectivity index (χ0n) is 20.0. The first-order chi connectivity index (χ1) is 17.2. The van der Waals surface area contributed by atoms with E-state index in [9.17, 15) is 45.0 Å². The molecule has 10 N–H and O–H groups in total. The number of phenolic OH excluding ortho intramolecular Hbond substituents is 1. The Balaban J connectivity index is 1.73. The fourth-order valence-electron chi connectivity index (χ4n) is 6.53. The SMILES string of the molecule is CN(C)[C@@H]1C(O)=C(C(N)=O)C(O)[C@@]2(O)C(O)=C3C(O)c4c(O)ccc(-c5c(N)c(=O)c5=O)c4C[C@H]3C[C@@H]12. The Morgan fingerprint density at radius 2 is 1.76 bits per heavy atom. The largest absolute Gasteiger partial charge is 0.510 e. The highest BCUT2D eigenvalue weighted by molar-refractivity contribution is 5.94. The van der Waals surface area contributed by atoms with Crippen molar-refractivity contribution in [2.75, 3.05) is 19.8 Å². The number of aliphatic hydroxyl groups is 5. The molecule has 2 aromatic carbocycles. The van der Waals surface area contributed by atoms with Crippen LogP contribution >= 0.6 is 0 Å². The van der Waals surface area contributed by atoms with Crippen molar-refractivity contribution in [3.05, 3.63) is 66.4 Å². The van der Waals surface area contributed by atoms with E-state index in [2.05, 4.69) is 0 Å². The summed E-state index contributed by atoms with van der Waals surface area (Å²) >= 11 is 0. The number of nitrogen functional groups attached to an aromatic ring is 1. The topological polar surface area (TPSA) is 228 Å². The molecule has 1 amide bonds. The Labute approximate surface area is 209 Å². The number of carbonyl (C=O) groups is 1. The molecule has 0 radical (unpaired) electrons. The quantitative estimate of drug-likeness (QED) is 0.223. The highest BCUT2D eigenvalue weighted by Gasteiger charge is 2.62. The van der Waals surface area contributed by atoms with Gasteiger partial charge in [-0.3, -0.25) is 19.3 Å². The van der Waals surface area contributed by atoms with E-state index in [1.807, 2.05) is 0 Å². The molecule has 12 nitrogen and oxygen atoms in total. The summed E-state index contributed by atoms with van der Waals surface area (Å²) in [5.74, 6) is -4.62. The maximum Gasteiger partial charge on any atom is 0.250 e. The minimum Gasteiger partial charge on any atom is -0.510 e. The van der Waals surface area contributed by atoms with Crippen LogP contribution in [0.15, 0.2) is 44.4 Å². The van der Waals surface area contributed by atoms with Crippen LogP contribution < -0.4 is 22.3 Å². The van der Waals surface area contributed by atoms with Gasteiger partial charge in [-0.25, -0.2) is 0 Å². The first-order valence-corrected chi connectivity index (χ1v) is 11.6. The van der Waals surface area contributed by atoms with Gasteiger partial charge >= 0.3 is 0 Å². The Bertz CT molecular complexity index is 1500. The van der Waals surface area contributed by atoms with Gasteiger partial charge in [-0.05, 0) is 50.0 Å². The molecule has 196 valence electrons. The minimum absolute atomic E-state index is 0.0128. The number of nitrogens with two attached hydrogens (primary N) is 2. The maximum atomic E-state index is 12.3. The van der Waals surface area contributed by atoms with Gasteiger partial charge in [-0.15, -0.1) is 0 Å². The summed E-state index contributed by atoms with van der Waals surface area (Å²) in [6, 6.07) is 1.60. The first-order valence-electron chi connectivity index (χ1n) is 11.6. The van der Waals surface area contributed by atoms with Crippen molar-refractivity contribution in [3.8, 4) is 16.9 Å². The fraction of sp³-hybridized carbons (Fsp3) is 0.400. The fourth-order valence-corrected chi connectivity index (χ4v) is 6.53. The maximum absolute atomic E-state index is 12.3. The monoisotopic (exact) mass is 513 g/mol. The van der Waals surface area contributed by atoms with Crippen LogP contribution in [0.3, 0.4) is 0 Å². The molecular formula is C25H27N3O9. The van der Waals surface area contributed by atoms with E-state index in [-0.39, 0.29) is 46.5 Å². The molecule has 12 heteroatoms. The Kier molecular flexibility index (Phi) is 5.32. The molecule has 2 unspecified atom stereocenters. The number of anilines is 1. The average molecular weight is 514 g/mol. The van der Waals surface area contributed by atoms with Gasteiger partial charge in [0.15, 0.2) is 5.60 Å². The number of aliphatic hydroxyl groups excluding tert-OH is 4. The van der Waals surface area contributed by atoms with Crippen LogP contribution in [-0.4, -0.2) is 73.3 Å². The highest BCUT2D eigenvalue weighted by atomic mass is 16.4. The Hall–Kier alpha value is -3.71.